The number of piperazine rings is 1. The maximum Gasteiger partial charge on any atom is 0.226 e. The van der Waals surface area contributed by atoms with Gasteiger partial charge >= 0.3 is 0 Å². The average Bonchev–Trinajstić information content (AvgIpc) is 3.26. The number of nitrogens with zero attached hydrogens (tertiary/aromatic N) is 2. The quantitative estimate of drug-likeness (QED) is 0.867. The molecule has 2 aliphatic rings. The molecule has 4 rings (SSSR count). The summed E-state index contributed by atoms with van der Waals surface area (Å²) < 4.78 is 10.6. The van der Waals surface area contributed by atoms with E-state index in [2.05, 4.69) is 17.0 Å². The van der Waals surface area contributed by atoms with Crippen molar-refractivity contribution in [1.29, 1.82) is 0 Å². The Balaban J connectivity index is 1.32. The van der Waals surface area contributed by atoms with Gasteiger partial charge in [-0.15, -0.1) is 0 Å². The zero-order chi connectivity index (χ0) is 16.5. The largest absolute Gasteiger partial charge is 0.497 e. The molecule has 5 nitrogen and oxygen atoms in total. The minimum Gasteiger partial charge on any atom is -0.497 e. The summed E-state index contributed by atoms with van der Waals surface area (Å²) in [7, 11) is 1.67. The lowest BCUT2D eigenvalue weighted by Crippen LogP contribution is -2.49. The molecule has 1 amide bonds. The van der Waals surface area contributed by atoms with Crippen LogP contribution < -0.4 is 9.64 Å². The van der Waals surface area contributed by atoms with Crippen LogP contribution in [-0.4, -0.2) is 44.1 Å². The Morgan fingerprint density at radius 3 is 2.50 bits per heavy atom. The zero-order valence-electron chi connectivity index (χ0n) is 13.9. The van der Waals surface area contributed by atoms with Gasteiger partial charge in [0.1, 0.15) is 11.5 Å². The predicted molar refractivity (Wildman–Crippen MR) is 91.3 cm³/mol. The highest BCUT2D eigenvalue weighted by Crippen LogP contribution is 2.48. The zero-order valence-corrected chi connectivity index (χ0v) is 13.9. The van der Waals surface area contributed by atoms with Gasteiger partial charge in [-0.2, -0.15) is 0 Å². The lowest BCUT2D eigenvalue weighted by Gasteiger charge is -2.36. The maximum atomic E-state index is 12.6. The first-order valence-electron chi connectivity index (χ1n) is 8.47. The number of amides is 1. The Kier molecular flexibility index (Phi) is 3.92. The SMILES string of the molecule is COc1ccc(N2CCN(C(=O)[C@@H]3C[C@H]3c3ccco3)CC2)cc1. The van der Waals surface area contributed by atoms with Gasteiger partial charge in [-0.05, 0) is 42.8 Å². The van der Waals surface area contributed by atoms with Crippen molar-refractivity contribution in [3.05, 3.63) is 48.4 Å². The Bertz CT molecular complexity index is 688. The smallest absolute Gasteiger partial charge is 0.226 e. The molecule has 0 unspecified atom stereocenters. The first-order chi connectivity index (χ1) is 11.8. The number of rotatable bonds is 4. The Labute approximate surface area is 141 Å². The van der Waals surface area contributed by atoms with Crippen LogP contribution in [0.3, 0.4) is 0 Å². The van der Waals surface area contributed by atoms with Gasteiger partial charge in [0.25, 0.3) is 0 Å². The lowest BCUT2D eigenvalue weighted by atomic mass is 10.2. The molecule has 0 radical (unpaired) electrons. The number of benzene rings is 1. The molecule has 24 heavy (non-hydrogen) atoms. The first kappa shape index (κ1) is 15.1. The molecule has 1 aliphatic carbocycles. The van der Waals surface area contributed by atoms with Crippen LogP contribution in [0.5, 0.6) is 5.75 Å². The van der Waals surface area contributed by atoms with Crippen LogP contribution >= 0.6 is 0 Å². The van der Waals surface area contributed by atoms with E-state index in [0.717, 1.165) is 44.1 Å². The fourth-order valence-electron chi connectivity index (χ4n) is 3.50. The molecule has 0 N–H and O–H groups in total. The number of carbonyl (C=O) groups is 1. The molecule has 2 fully saturated rings. The molecule has 2 aromatic rings. The highest BCUT2D eigenvalue weighted by atomic mass is 16.5. The molecule has 126 valence electrons. The van der Waals surface area contributed by atoms with Crippen molar-refractivity contribution < 1.29 is 13.9 Å². The Hall–Kier alpha value is -2.43. The van der Waals surface area contributed by atoms with Gasteiger partial charge < -0.3 is 19.0 Å². The third-order valence-corrected chi connectivity index (χ3v) is 5.05. The molecular weight excluding hydrogens is 304 g/mol. The standard InChI is InChI=1S/C19H22N2O3/c1-23-15-6-4-14(5-7-15)20-8-10-21(11-9-20)19(22)17-13-16(17)18-3-2-12-24-18/h2-7,12,16-17H,8-11,13H2,1H3/t16-,17-/m1/s1. The van der Waals surface area contributed by atoms with Crippen molar-refractivity contribution in [3.8, 4) is 5.75 Å². The number of anilines is 1. The first-order valence-corrected chi connectivity index (χ1v) is 8.47. The highest BCUT2D eigenvalue weighted by Gasteiger charge is 2.47. The highest BCUT2D eigenvalue weighted by molar-refractivity contribution is 5.83. The molecule has 5 heteroatoms. The molecule has 2 heterocycles. The fourth-order valence-corrected chi connectivity index (χ4v) is 3.50. The van der Waals surface area contributed by atoms with Crippen molar-refractivity contribution in [2.24, 2.45) is 5.92 Å². The summed E-state index contributed by atoms with van der Waals surface area (Å²) in [5.74, 6) is 2.50. The number of hydrogen-bond acceptors (Lipinski definition) is 4. The summed E-state index contributed by atoms with van der Waals surface area (Å²) in [6, 6.07) is 12.0. The monoisotopic (exact) mass is 326 g/mol. The second-order valence-electron chi connectivity index (χ2n) is 6.47. The van der Waals surface area contributed by atoms with E-state index in [1.54, 1.807) is 13.4 Å². The minimum absolute atomic E-state index is 0.115. The number of hydrogen-bond donors (Lipinski definition) is 0. The molecule has 1 aromatic heterocycles. The van der Waals surface area contributed by atoms with Crippen molar-refractivity contribution in [1.82, 2.24) is 4.90 Å². The van der Waals surface area contributed by atoms with Gasteiger partial charge in [0.2, 0.25) is 5.91 Å². The van der Waals surface area contributed by atoms with Crippen molar-refractivity contribution in [2.45, 2.75) is 12.3 Å². The lowest BCUT2D eigenvalue weighted by molar-refractivity contribution is -0.133. The average molecular weight is 326 g/mol. The Morgan fingerprint density at radius 1 is 1.12 bits per heavy atom. The van der Waals surface area contributed by atoms with E-state index in [4.69, 9.17) is 9.15 Å². The summed E-state index contributed by atoms with van der Waals surface area (Å²) in [5.41, 5.74) is 1.18. The summed E-state index contributed by atoms with van der Waals surface area (Å²) >= 11 is 0. The number of ether oxygens (including phenoxy) is 1. The maximum absolute atomic E-state index is 12.6. The molecule has 0 bridgehead atoms. The normalized spacial score (nSPS) is 23.2. The van der Waals surface area contributed by atoms with Crippen LogP contribution in [0.25, 0.3) is 0 Å². The third kappa shape index (κ3) is 2.86. The summed E-state index contributed by atoms with van der Waals surface area (Å²) in [6.07, 6.45) is 2.61. The predicted octanol–water partition coefficient (Wildman–Crippen LogP) is 2.74. The molecule has 1 saturated heterocycles. The van der Waals surface area contributed by atoms with E-state index < -0.39 is 0 Å². The third-order valence-electron chi connectivity index (χ3n) is 5.05. The van der Waals surface area contributed by atoms with Crippen molar-refractivity contribution >= 4 is 11.6 Å². The van der Waals surface area contributed by atoms with E-state index in [9.17, 15) is 4.79 Å². The van der Waals surface area contributed by atoms with Crippen LogP contribution in [0.15, 0.2) is 47.1 Å². The van der Waals surface area contributed by atoms with E-state index in [1.165, 1.54) is 5.69 Å². The van der Waals surface area contributed by atoms with Crippen LogP contribution in [0.4, 0.5) is 5.69 Å². The molecule has 1 aromatic carbocycles. The molecule has 1 saturated carbocycles. The van der Waals surface area contributed by atoms with Crippen LogP contribution in [0, 0.1) is 5.92 Å². The van der Waals surface area contributed by atoms with Crippen molar-refractivity contribution in [2.75, 3.05) is 38.2 Å². The topological polar surface area (TPSA) is 45.9 Å². The second-order valence-corrected chi connectivity index (χ2v) is 6.47. The molecular formula is C19H22N2O3. The van der Waals surface area contributed by atoms with Crippen LogP contribution in [0.1, 0.15) is 18.1 Å². The minimum atomic E-state index is 0.115. The summed E-state index contributed by atoms with van der Waals surface area (Å²) in [5, 5.41) is 0. The number of furan rings is 1. The number of methoxy groups -OCH3 is 1. The van der Waals surface area contributed by atoms with Gasteiger partial charge in [0.05, 0.1) is 13.4 Å². The second kappa shape index (κ2) is 6.23. The van der Waals surface area contributed by atoms with Crippen LogP contribution in [-0.2, 0) is 4.79 Å². The number of carbonyl (C=O) groups excluding carboxylic acids is 1. The molecule has 0 spiro atoms. The van der Waals surface area contributed by atoms with Gasteiger partial charge in [-0.1, -0.05) is 0 Å². The Morgan fingerprint density at radius 2 is 1.88 bits per heavy atom. The molecule has 1 aliphatic heterocycles. The van der Waals surface area contributed by atoms with Gasteiger partial charge in [0, 0.05) is 43.7 Å². The van der Waals surface area contributed by atoms with Crippen molar-refractivity contribution in [3.63, 3.8) is 0 Å². The molecule has 2 atom stereocenters. The summed E-state index contributed by atoms with van der Waals surface area (Å²) in [4.78, 5) is 17.0. The van der Waals surface area contributed by atoms with Gasteiger partial charge in [0.15, 0.2) is 0 Å². The fraction of sp³-hybridized carbons (Fsp3) is 0.421. The van der Waals surface area contributed by atoms with E-state index in [-0.39, 0.29) is 17.7 Å². The summed E-state index contributed by atoms with van der Waals surface area (Å²) in [6.45, 7) is 3.31. The van der Waals surface area contributed by atoms with E-state index in [0.29, 0.717) is 0 Å². The van der Waals surface area contributed by atoms with E-state index >= 15 is 0 Å². The van der Waals surface area contributed by atoms with Gasteiger partial charge in [-0.3, -0.25) is 4.79 Å². The van der Waals surface area contributed by atoms with E-state index in [1.807, 2.05) is 29.2 Å². The van der Waals surface area contributed by atoms with Crippen LogP contribution in [0.2, 0.25) is 0 Å². The van der Waals surface area contributed by atoms with Gasteiger partial charge in [-0.25, -0.2) is 0 Å².